The van der Waals surface area contributed by atoms with E-state index in [9.17, 15) is 13.2 Å². The Morgan fingerprint density at radius 1 is 1.21 bits per heavy atom. The number of carbonyl (C=O) groups is 1. The number of rotatable bonds is 2. The Morgan fingerprint density at radius 2 is 1.84 bits per heavy atom. The van der Waals surface area contributed by atoms with Crippen molar-refractivity contribution in [3.05, 3.63) is 0 Å². The molecule has 1 unspecified atom stereocenters. The van der Waals surface area contributed by atoms with Gasteiger partial charge in [-0.25, -0.2) is 13.2 Å². The number of sulfone groups is 1. The molecule has 2 fully saturated rings. The summed E-state index contributed by atoms with van der Waals surface area (Å²) in [6.45, 7) is 7.49. The summed E-state index contributed by atoms with van der Waals surface area (Å²) < 4.78 is 22.7. The zero-order chi connectivity index (χ0) is 14.0. The number of piperazine rings is 1. The quantitative estimate of drug-likeness (QED) is 0.771. The summed E-state index contributed by atoms with van der Waals surface area (Å²) >= 11 is 0. The molecule has 2 aliphatic rings. The Labute approximate surface area is 115 Å². The average molecular weight is 289 g/mol. The lowest BCUT2D eigenvalue weighted by Gasteiger charge is -2.37. The minimum atomic E-state index is -2.93. The molecule has 2 aliphatic heterocycles. The molecule has 1 N–H and O–H groups in total. The summed E-state index contributed by atoms with van der Waals surface area (Å²) in [4.78, 5) is 16.2. The molecule has 1 atom stereocenters. The molecular formula is C12H23N3O3S. The number of urea groups is 1. The minimum Gasteiger partial charge on any atom is -0.334 e. The molecular weight excluding hydrogens is 266 g/mol. The maximum Gasteiger partial charge on any atom is 0.317 e. The molecule has 2 amide bonds. The van der Waals surface area contributed by atoms with Crippen LogP contribution in [0.1, 0.15) is 20.3 Å². The molecule has 0 aromatic carbocycles. The lowest BCUT2D eigenvalue weighted by Crippen LogP contribution is -2.54. The molecule has 0 spiro atoms. The van der Waals surface area contributed by atoms with Gasteiger partial charge in [0, 0.05) is 38.3 Å². The SMILES string of the molecule is CC(C)N1CCN(C(=O)NC2CCS(=O)(=O)C2)CC1. The lowest BCUT2D eigenvalue weighted by molar-refractivity contribution is 0.118. The standard InChI is InChI=1S/C12H23N3O3S/c1-10(2)14-4-6-15(7-5-14)12(16)13-11-3-8-19(17,18)9-11/h10-11H,3-9H2,1-2H3,(H,13,16). The zero-order valence-corrected chi connectivity index (χ0v) is 12.4. The molecule has 2 heterocycles. The summed E-state index contributed by atoms with van der Waals surface area (Å²) in [5.41, 5.74) is 0. The van der Waals surface area contributed by atoms with Crippen LogP contribution in [-0.2, 0) is 9.84 Å². The van der Waals surface area contributed by atoms with Gasteiger partial charge in [0.25, 0.3) is 0 Å². The Kier molecular flexibility index (Phi) is 4.35. The van der Waals surface area contributed by atoms with Gasteiger partial charge in [0.05, 0.1) is 11.5 Å². The Balaban J connectivity index is 1.79. The fourth-order valence-electron chi connectivity index (χ4n) is 2.62. The molecule has 6 nitrogen and oxygen atoms in total. The summed E-state index contributed by atoms with van der Waals surface area (Å²) in [5.74, 6) is 0.282. The van der Waals surface area contributed by atoms with E-state index in [-0.39, 0.29) is 23.6 Å². The fraction of sp³-hybridized carbons (Fsp3) is 0.917. The highest BCUT2D eigenvalue weighted by Gasteiger charge is 2.31. The number of nitrogens with zero attached hydrogens (tertiary/aromatic N) is 2. The summed E-state index contributed by atoms with van der Waals surface area (Å²) in [6.07, 6.45) is 0.542. The molecule has 110 valence electrons. The second-order valence-electron chi connectivity index (χ2n) is 5.67. The zero-order valence-electron chi connectivity index (χ0n) is 11.6. The van der Waals surface area contributed by atoms with Gasteiger partial charge in [-0.15, -0.1) is 0 Å². The highest BCUT2D eigenvalue weighted by atomic mass is 32.2. The second kappa shape index (κ2) is 5.66. The molecule has 0 saturated carbocycles. The van der Waals surface area contributed by atoms with Gasteiger partial charge >= 0.3 is 6.03 Å². The second-order valence-corrected chi connectivity index (χ2v) is 7.89. The smallest absolute Gasteiger partial charge is 0.317 e. The van der Waals surface area contributed by atoms with Gasteiger partial charge in [-0.1, -0.05) is 0 Å². The van der Waals surface area contributed by atoms with Crippen molar-refractivity contribution < 1.29 is 13.2 Å². The third-order valence-corrected chi connectivity index (χ3v) is 5.66. The van der Waals surface area contributed by atoms with Crippen molar-refractivity contribution in [1.82, 2.24) is 15.1 Å². The van der Waals surface area contributed by atoms with Crippen LogP contribution in [0.5, 0.6) is 0 Å². The molecule has 0 aliphatic carbocycles. The van der Waals surface area contributed by atoms with Crippen LogP contribution in [0.2, 0.25) is 0 Å². The average Bonchev–Trinajstić information content (AvgIpc) is 2.68. The summed E-state index contributed by atoms with van der Waals surface area (Å²) in [7, 11) is -2.93. The van der Waals surface area contributed by atoms with E-state index in [4.69, 9.17) is 0 Å². The van der Waals surface area contributed by atoms with E-state index in [1.165, 1.54) is 0 Å². The number of hydrogen-bond donors (Lipinski definition) is 1. The molecule has 7 heteroatoms. The van der Waals surface area contributed by atoms with Crippen LogP contribution in [-0.4, -0.2) is 74.0 Å². The van der Waals surface area contributed by atoms with E-state index in [0.29, 0.717) is 25.6 Å². The lowest BCUT2D eigenvalue weighted by atomic mass is 10.2. The molecule has 0 radical (unpaired) electrons. The molecule has 2 saturated heterocycles. The fourth-order valence-corrected chi connectivity index (χ4v) is 4.29. The van der Waals surface area contributed by atoms with Crippen LogP contribution in [0.3, 0.4) is 0 Å². The molecule has 0 bridgehead atoms. The van der Waals surface area contributed by atoms with Gasteiger partial charge in [0.1, 0.15) is 0 Å². The number of amides is 2. The molecule has 19 heavy (non-hydrogen) atoms. The summed E-state index contributed by atoms with van der Waals surface area (Å²) in [6, 6.07) is 0.177. The van der Waals surface area contributed by atoms with Crippen LogP contribution in [0.25, 0.3) is 0 Å². The van der Waals surface area contributed by atoms with E-state index in [1.807, 2.05) is 0 Å². The van der Waals surface area contributed by atoms with Crippen molar-refractivity contribution in [2.75, 3.05) is 37.7 Å². The van der Waals surface area contributed by atoms with Crippen molar-refractivity contribution in [3.63, 3.8) is 0 Å². The van der Waals surface area contributed by atoms with Gasteiger partial charge in [-0.05, 0) is 20.3 Å². The van der Waals surface area contributed by atoms with Gasteiger partial charge < -0.3 is 10.2 Å². The van der Waals surface area contributed by atoms with Crippen LogP contribution in [0.15, 0.2) is 0 Å². The monoisotopic (exact) mass is 289 g/mol. The molecule has 0 aromatic rings. The van der Waals surface area contributed by atoms with Crippen molar-refractivity contribution in [2.45, 2.75) is 32.4 Å². The first-order chi connectivity index (χ1) is 8.87. The topological polar surface area (TPSA) is 69.7 Å². The van der Waals surface area contributed by atoms with E-state index >= 15 is 0 Å². The Hall–Kier alpha value is -0.820. The summed E-state index contributed by atoms with van der Waals surface area (Å²) in [5, 5.41) is 2.84. The van der Waals surface area contributed by atoms with Crippen LogP contribution in [0, 0.1) is 0 Å². The van der Waals surface area contributed by atoms with Crippen LogP contribution in [0.4, 0.5) is 4.79 Å². The normalized spacial score (nSPS) is 27.7. The van der Waals surface area contributed by atoms with Crippen molar-refractivity contribution >= 4 is 15.9 Å². The molecule has 2 rings (SSSR count). The maximum atomic E-state index is 12.0. The largest absolute Gasteiger partial charge is 0.334 e. The predicted octanol–water partition coefficient (Wildman–Crippen LogP) is -0.0909. The Bertz CT molecular complexity index is 428. The van der Waals surface area contributed by atoms with Gasteiger partial charge in [0.15, 0.2) is 9.84 Å². The van der Waals surface area contributed by atoms with Gasteiger partial charge in [-0.2, -0.15) is 0 Å². The van der Waals surface area contributed by atoms with Gasteiger partial charge in [-0.3, -0.25) is 4.90 Å². The van der Waals surface area contributed by atoms with E-state index in [0.717, 1.165) is 13.1 Å². The van der Waals surface area contributed by atoms with E-state index in [1.54, 1.807) is 4.90 Å². The van der Waals surface area contributed by atoms with E-state index < -0.39 is 9.84 Å². The predicted molar refractivity (Wildman–Crippen MR) is 73.9 cm³/mol. The third-order valence-electron chi connectivity index (χ3n) is 3.89. The van der Waals surface area contributed by atoms with Gasteiger partial charge in [0.2, 0.25) is 0 Å². The maximum absolute atomic E-state index is 12.0. The van der Waals surface area contributed by atoms with E-state index in [2.05, 4.69) is 24.1 Å². The number of hydrogen-bond acceptors (Lipinski definition) is 4. The number of nitrogens with one attached hydrogen (secondary N) is 1. The van der Waals surface area contributed by atoms with Crippen molar-refractivity contribution in [3.8, 4) is 0 Å². The van der Waals surface area contributed by atoms with Crippen LogP contribution >= 0.6 is 0 Å². The minimum absolute atomic E-state index is 0.0880. The third kappa shape index (κ3) is 3.82. The first-order valence-corrected chi connectivity index (χ1v) is 8.69. The first kappa shape index (κ1) is 14.6. The van der Waals surface area contributed by atoms with Crippen LogP contribution < -0.4 is 5.32 Å². The van der Waals surface area contributed by atoms with Crippen molar-refractivity contribution in [1.29, 1.82) is 0 Å². The highest BCUT2D eigenvalue weighted by Crippen LogP contribution is 2.12. The first-order valence-electron chi connectivity index (χ1n) is 6.87. The van der Waals surface area contributed by atoms with Crippen molar-refractivity contribution in [2.24, 2.45) is 0 Å². The number of carbonyl (C=O) groups excluding carboxylic acids is 1. The Morgan fingerprint density at radius 3 is 2.32 bits per heavy atom. The molecule has 0 aromatic heterocycles. The highest BCUT2D eigenvalue weighted by molar-refractivity contribution is 7.91.